The summed E-state index contributed by atoms with van der Waals surface area (Å²) in [6, 6.07) is 1.42. The SMILES string of the molecule is COc1nc(-c2nc(C(C)(C)C)[nH]c2-c2ccnc(NCC(C)NC(=O)O)n2)cnc1N. The maximum atomic E-state index is 10.8. The molecule has 0 radical (unpaired) electrons. The Morgan fingerprint density at radius 1 is 1.25 bits per heavy atom. The molecule has 0 saturated heterocycles. The normalized spacial score (nSPS) is 12.3. The number of ether oxygens (including phenoxy) is 1. The first-order chi connectivity index (χ1) is 15.1. The van der Waals surface area contributed by atoms with E-state index in [-0.39, 0.29) is 23.2 Å². The molecule has 1 unspecified atom stereocenters. The number of carboxylic acid groups (broad SMARTS) is 1. The molecule has 0 bridgehead atoms. The summed E-state index contributed by atoms with van der Waals surface area (Å²) in [5.41, 5.74) is 7.79. The minimum Gasteiger partial charge on any atom is -0.478 e. The van der Waals surface area contributed by atoms with Crippen molar-refractivity contribution in [2.24, 2.45) is 0 Å². The predicted octanol–water partition coefficient (Wildman–Crippen LogP) is 2.28. The summed E-state index contributed by atoms with van der Waals surface area (Å²) in [6.07, 6.45) is 2.05. The number of carbonyl (C=O) groups is 1. The van der Waals surface area contributed by atoms with E-state index < -0.39 is 6.09 Å². The summed E-state index contributed by atoms with van der Waals surface area (Å²) in [7, 11) is 1.47. The number of amides is 1. The van der Waals surface area contributed by atoms with Crippen LogP contribution in [0.4, 0.5) is 16.6 Å². The van der Waals surface area contributed by atoms with Gasteiger partial charge in [-0.25, -0.2) is 29.7 Å². The summed E-state index contributed by atoms with van der Waals surface area (Å²) >= 11 is 0. The lowest BCUT2D eigenvalue weighted by Crippen LogP contribution is -2.36. The van der Waals surface area contributed by atoms with Gasteiger partial charge in [-0.1, -0.05) is 20.8 Å². The Bertz CT molecular complexity index is 1110. The van der Waals surface area contributed by atoms with E-state index in [1.807, 2.05) is 20.8 Å². The molecular weight excluding hydrogens is 414 g/mol. The summed E-state index contributed by atoms with van der Waals surface area (Å²) in [6.45, 7) is 8.18. The number of nitrogens with one attached hydrogen (secondary N) is 3. The van der Waals surface area contributed by atoms with Crippen molar-refractivity contribution in [3.63, 3.8) is 0 Å². The zero-order valence-corrected chi connectivity index (χ0v) is 18.6. The second kappa shape index (κ2) is 9.04. The number of imidazole rings is 1. The van der Waals surface area contributed by atoms with Crippen LogP contribution in [0, 0.1) is 0 Å². The van der Waals surface area contributed by atoms with Gasteiger partial charge in [0.25, 0.3) is 5.88 Å². The lowest BCUT2D eigenvalue weighted by molar-refractivity contribution is 0.191. The van der Waals surface area contributed by atoms with E-state index in [0.717, 1.165) is 5.82 Å². The third-order valence-corrected chi connectivity index (χ3v) is 4.47. The van der Waals surface area contributed by atoms with Crippen LogP contribution >= 0.6 is 0 Å². The van der Waals surface area contributed by atoms with E-state index in [4.69, 9.17) is 20.6 Å². The number of hydrogen-bond acceptors (Lipinski definition) is 9. The monoisotopic (exact) mass is 441 g/mol. The maximum Gasteiger partial charge on any atom is 0.404 e. The van der Waals surface area contributed by atoms with Crippen LogP contribution in [0.3, 0.4) is 0 Å². The average Bonchev–Trinajstić information content (AvgIpc) is 3.18. The van der Waals surface area contributed by atoms with E-state index in [1.54, 1.807) is 19.2 Å². The van der Waals surface area contributed by atoms with Crippen LogP contribution in [-0.2, 0) is 5.41 Å². The zero-order chi connectivity index (χ0) is 23.5. The van der Waals surface area contributed by atoms with Crippen molar-refractivity contribution >= 4 is 17.9 Å². The molecule has 170 valence electrons. The first kappa shape index (κ1) is 22.7. The number of nitrogens with two attached hydrogens (primary N) is 1. The van der Waals surface area contributed by atoms with Gasteiger partial charge in [0.15, 0.2) is 5.82 Å². The fraction of sp³-hybridized carbons (Fsp3) is 0.400. The largest absolute Gasteiger partial charge is 0.478 e. The Morgan fingerprint density at radius 2 is 2.00 bits per heavy atom. The van der Waals surface area contributed by atoms with Crippen LogP contribution < -0.4 is 21.1 Å². The number of rotatable bonds is 7. The quantitative estimate of drug-likeness (QED) is 0.365. The summed E-state index contributed by atoms with van der Waals surface area (Å²) in [4.78, 5) is 36.3. The third-order valence-electron chi connectivity index (χ3n) is 4.47. The van der Waals surface area contributed by atoms with Gasteiger partial charge in [-0.15, -0.1) is 0 Å². The standard InChI is InChI=1S/C20H27N9O3/c1-10(25-19(30)31)8-24-18-22-7-6-11(27-18)13-14(29-17(28-13)20(2,3)4)12-9-23-15(21)16(26-12)32-5/h6-7,9-10,25H,8H2,1-5H3,(H2,21,23)(H,28,29)(H,30,31)(H,22,24,27). The number of hydrogen-bond donors (Lipinski definition) is 5. The van der Waals surface area contributed by atoms with E-state index in [9.17, 15) is 4.79 Å². The van der Waals surface area contributed by atoms with E-state index in [2.05, 4.69) is 35.6 Å². The van der Waals surface area contributed by atoms with Gasteiger partial charge in [0, 0.05) is 24.2 Å². The van der Waals surface area contributed by atoms with Crippen LogP contribution in [0.15, 0.2) is 18.5 Å². The van der Waals surface area contributed by atoms with Crippen LogP contribution in [0.25, 0.3) is 22.8 Å². The van der Waals surface area contributed by atoms with Crippen LogP contribution in [-0.4, -0.2) is 60.8 Å². The Morgan fingerprint density at radius 3 is 2.66 bits per heavy atom. The number of aromatic nitrogens is 6. The van der Waals surface area contributed by atoms with Gasteiger partial charge < -0.3 is 31.2 Å². The molecule has 12 nitrogen and oxygen atoms in total. The summed E-state index contributed by atoms with van der Waals surface area (Å²) in [5, 5.41) is 14.2. The number of anilines is 2. The minimum absolute atomic E-state index is 0.182. The Labute approximate surface area is 185 Å². The van der Waals surface area contributed by atoms with Crippen LogP contribution in [0.1, 0.15) is 33.5 Å². The Hall–Kier alpha value is -3.96. The molecule has 3 aromatic heterocycles. The summed E-state index contributed by atoms with van der Waals surface area (Å²) < 4.78 is 5.21. The van der Waals surface area contributed by atoms with Crippen molar-refractivity contribution in [1.29, 1.82) is 0 Å². The van der Waals surface area contributed by atoms with Gasteiger partial charge in [0.1, 0.15) is 17.2 Å². The second-order valence-electron chi connectivity index (χ2n) is 8.21. The molecule has 0 aromatic carbocycles. The molecule has 0 aliphatic carbocycles. The van der Waals surface area contributed by atoms with Crippen molar-refractivity contribution in [2.75, 3.05) is 24.7 Å². The van der Waals surface area contributed by atoms with Gasteiger partial charge in [0.05, 0.1) is 24.7 Å². The first-order valence-corrected chi connectivity index (χ1v) is 9.92. The number of methoxy groups -OCH3 is 1. The maximum absolute atomic E-state index is 10.8. The lowest BCUT2D eigenvalue weighted by Gasteiger charge is -2.14. The van der Waals surface area contributed by atoms with Crippen molar-refractivity contribution in [1.82, 2.24) is 35.2 Å². The molecule has 12 heteroatoms. The average molecular weight is 441 g/mol. The first-order valence-electron chi connectivity index (χ1n) is 9.92. The number of nitrogen functional groups attached to an aromatic ring is 1. The van der Waals surface area contributed by atoms with Crippen LogP contribution in [0.2, 0.25) is 0 Å². The third kappa shape index (κ3) is 5.20. The molecule has 6 N–H and O–H groups in total. The topological polar surface area (TPSA) is 177 Å². The fourth-order valence-corrected chi connectivity index (χ4v) is 2.83. The molecule has 32 heavy (non-hydrogen) atoms. The number of aromatic amines is 1. The van der Waals surface area contributed by atoms with Crippen molar-refractivity contribution in [2.45, 2.75) is 39.2 Å². The van der Waals surface area contributed by atoms with Gasteiger partial charge in [-0.3, -0.25) is 0 Å². The van der Waals surface area contributed by atoms with Gasteiger partial charge in [-0.05, 0) is 13.0 Å². The Balaban J connectivity index is 2.00. The highest BCUT2D eigenvalue weighted by atomic mass is 16.5. The molecule has 0 saturated carbocycles. The van der Waals surface area contributed by atoms with Crippen molar-refractivity contribution in [3.05, 3.63) is 24.3 Å². The number of nitrogens with zero attached hydrogens (tertiary/aromatic N) is 5. The molecule has 3 aromatic rings. The molecule has 0 aliphatic heterocycles. The highest BCUT2D eigenvalue weighted by molar-refractivity contribution is 5.75. The smallest absolute Gasteiger partial charge is 0.404 e. The minimum atomic E-state index is -1.09. The van der Waals surface area contributed by atoms with Gasteiger partial charge in [0.2, 0.25) is 5.95 Å². The predicted molar refractivity (Wildman–Crippen MR) is 119 cm³/mol. The molecule has 1 atom stereocenters. The summed E-state index contributed by atoms with van der Waals surface area (Å²) in [5.74, 6) is 1.48. The number of H-pyrrole nitrogens is 1. The molecule has 0 spiro atoms. The Kier molecular flexibility index (Phi) is 6.42. The van der Waals surface area contributed by atoms with Crippen molar-refractivity contribution in [3.8, 4) is 28.7 Å². The fourth-order valence-electron chi connectivity index (χ4n) is 2.83. The molecule has 0 aliphatic rings. The molecule has 0 fully saturated rings. The highest BCUT2D eigenvalue weighted by Gasteiger charge is 2.24. The second-order valence-corrected chi connectivity index (χ2v) is 8.21. The highest BCUT2D eigenvalue weighted by Crippen LogP contribution is 2.33. The molecule has 3 rings (SSSR count). The van der Waals surface area contributed by atoms with E-state index in [0.29, 0.717) is 35.3 Å². The molecular formula is C20H27N9O3. The van der Waals surface area contributed by atoms with Crippen molar-refractivity contribution < 1.29 is 14.6 Å². The molecule has 1 amide bonds. The van der Waals surface area contributed by atoms with Gasteiger partial charge in [-0.2, -0.15) is 0 Å². The van der Waals surface area contributed by atoms with E-state index >= 15 is 0 Å². The lowest BCUT2D eigenvalue weighted by atomic mass is 9.96. The van der Waals surface area contributed by atoms with E-state index in [1.165, 1.54) is 13.3 Å². The molecule has 3 heterocycles. The zero-order valence-electron chi connectivity index (χ0n) is 18.6. The van der Waals surface area contributed by atoms with Gasteiger partial charge >= 0.3 is 6.09 Å². The van der Waals surface area contributed by atoms with Crippen LogP contribution in [0.5, 0.6) is 5.88 Å².